The van der Waals surface area contributed by atoms with Crippen molar-refractivity contribution in [2.24, 2.45) is 0 Å². The molecule has 0 saturated carbocycles. The summed E-state index contributed by atoms with van der Waals surface area (Å²) < 4.78 is 12.9. The van der Waals surface area contributed by atoms with Crippen LogP contribution in [-0.2, 0) is 6.54 Å². The summed E-state index contributed by atoms with van der Waals surface area (Å²) in [6, 6.07) is 14.9. The fourth-order valence-corrected chi connectivity index (χ4v) is 2.83. The van der Waals surface area contributed by atoms with Crippen LogP contribution in [0, 0.1) is 12.7 Å². The minimum atomic E-state index is -0.215. The average molecular weight is 312 g/mol. The number of pyridine rings is 1. The summed E-state index contributed by atoms with van der Waals surface area (Å²) in [6.07, 6.45) is 2.07. The zero-order chi connectivity index (χ0) is 15.5. The summed E-state index contributed by atoms with van der Waals surface area (Å²) >= 11 is 1.73. The lowest BCUT2D eigenvalue weighted by Gasteiger charge is -2.10. The minimum Gasteiger partial charge on any atom is -0.366 e. The second kappa shape index (κ2) is 6.36. The van der Waals surface area contributed by atoms with E-state index < -0.39 is 0 Å². The summed E-state index contributed by atoms with van der Waals surface area (Å²) in [5.74, 6) is 0.624. The molecule has 1 heterocycles. The van der Waals surface area contributed by atoms with Crippen molar-refractivity contribution >= 4 is 28.5 Å². The fourth-order valence-electron chi connectivity index (χ4n) is 2.39. The Labute approximate surface area is 133 Å². The van der Waals surface area contributed by atoms with E-state index in [1.165, 1.54) is 28.0 Å². The van der Waals surface area contributed by atoms with E-state index in [2.05, 4.69) is 47.7 Å². The molecule has 112 valence electrons. The van der Waals surface area contributed by atoms with E-state index in [4.69, 9.17) is 0 Å². The van der Waals surface area contributed by atoms with Crippen molar-refractivity contribution in [3.05, 3.63) is 65.5 Å². The Morgan fingerprint density at radius 2 is 1.86 bits per heavy atom. The van der Waals surface area contributed by atoms with Crippen molar-refractivity contribution in [1.82, 2.24) is 4.98 Å². The van der Waals surface area contributed by atoms with Gasteiger partial charge in [0.15, 0.2) is 0 Å². The van der Waals surface area contributed by atoms with Crippen molar-refractivity contribution in [3.63, 3.8) is 0 Å². The van der Waals surface area contributed by atoms with Crippen molar-refractivity contribution in [2.45, 2.75) is 18.4 Å². The summed E-state index contributed by atoms with van der Waals surface area (Å²) in [4.78, 5) is 5.89. The lowest BCUT2D eigenvalue weighted by Crippen LogP contribution is -2.02. The Hall–Kier alpha value is -2.07. The van der Waals surface area contributed by atoms with Gasteiger partial charge in [0.2, 0.25) is 0 Å². The number of hydrogen-bond donors (Lipinski definition) is 1. The van der Waals surface area contributed by atoms with Gasteiger partial charge in [0.25, 0.3) is 0 Å². The number of aromatic nitrogens is 1. The molecule has 0 amide bonds. The van der Waals surface area contributed by atoms with Gasteiger partial charge in [-0.3, -0.25) is 0 Å². The molecule has 2 aromatic carbocycles. The van der Waals surface area contributed by atoms with Gasteiger partial charge in [0.1, 0.15) is 11.6 Å². The number of aryl methyl sites for hydroxylation is 1. The van der Waals surface area contributed by atoms with Gasteiger partial charge in [0, 0.05) is 16.8 Å². The number of thioether (sulfide) groups is 1. The number of fused-ring (bicyclic) bond motifs is 1. The molecule has 2 nitrogen and oxygen atoms in total. The molecular formula is C18H17FN2S. The lowest BCUT2D eigenvalue weighted by molar-refractivity contribution is 0.627. The van der Waals surface area contributed by atoms with Gasteiger partial charge in [-0.25, -0.2) is 9.37 Å². The highest BCUT2D eigenvalue weighted by molar-refractivity contribution is 7.98. The van der Waals surface area contributed by atoms with E-state index in [-0.39, 0.29) is 5.82 Å². The Morgan fingerprint density at radius 1 is 1.09 bits per heavy atom. The van der Waals surface area contributed by atoms with Crippen molar-refractivity contribution in [2.75, 3.05) is 11.6 Å². The van der Waals surface area contributed by atoms with Gasteiger partial charge in [-0.15, -0.1) is 11.8 Å². The van der Waals surface area contributed by atoms with Crippen LogP contribution in [0.3, 0.4) is 0 Å². The van der Waals surface area contributed by atoms with E-state index in [1.807, 2.05) is 0 Å². The molecule has 3 aromatic rings. The summed E-state index contributed by atoms with van der Waals surface area (Å²) in [6.45, 7) is 2.72. The van der Waals surface area contributed by atoms with E-state index >= 15 is 0 Å². The Morgan fingerprint density at radius 3 is 2.59 bits per heavy atom. The normalized spacial score (nSPS) is 10.9. The van der Waals surface area contributed by atoms with Crippen LogP contribution in [0.25, 0.3) is 10.9 Å². The third-order valence-corrected chi connectivity index (χ3v) is 4.33. The largest absolute Gasteiger partial charge is 0.366 e. The number of hydrogen-bond acceptors (Lipinski definition) is 3. The SMILES string of the molecule is CSc1ccc2nc(NCc3ccc(F)cc3)cc(C)c2c1. The van der Waals surface area contributed by atoms with Crippen LogP contribution in [0.15, 0.2) is 53.4 Å². The number of halogens is 1. The highest BCUT2D eigenvalue weighted by Crippen LogP contribution is 2.25. The van der Waals surface area contributed by atoms with Crippen LogP contribution in [0.1, 0.15) is 11.1 Å². The highest BCUT2D eigenvalue weighted by atomic mass is 32.2. The van der Waals surface area contributed by atoms with Gasteiger partial charge in [-0.2, -0.15) is 0 Å². The fraction of sp³-hybridized carbons (Fsp3) is 0.167. The molecule has 0 fully saturated rings. The molecule has 0 unspecified atom stereocenters. The first-order valence-corrected chi connectivity index (χ1v) is 8.32. The molecule has 1 N–H and O–H groups in total. The standard InChI is InChI=1S/C18H17FN2S/c1-12-9-18(20-11-13-3-5-14(19)6-4-13)21-17-8-7-15(22-2)10-16(12)17/h3-10H,11H2,1-2H3,(H,20,21). The van der Waals surface area contributed by atoms with E-state index in [1.54, 1.807) is 23.9 Å². The number of benzene rings is 2. The molecular weight excluding hydrogens is 295 g/mol. The van der Waals surface area contributed by atoms with Gasteiger partial charge < -0.3 is 5.32 Å². The van der Waals surface area contributed by atoms with Crippen LogP contribution < -0.4 is 5.32 Å². The highest BCUT2D eigenvalue weighted by Gasteiger charge is 2.04. The molecule has 0 aliphatic heterocycles. The third kappa shape index (κ3) is 3.22. The molecule has 0 spiro atoms. The first-order valence-electron chi connectivity index (χ1n) is 7.09. The summed E-state index contributed by atoms with van der Waals surface area (Å²) in [7, 11) is 0. The van der Waals surface area contributed by atoms with E-state index in [0.29, 0.717) is 6.54 Å². The van der Waals surface area contributed by atoms with E-state index in [0.717, 1.165) is 16.9 Å². The maximum Gasteiger partial charge on any atom is 0.127 e. The average Bonchev–Trinajstić information content (AvgIpc) is 2.54. The second-order valence-electron chi connectivity index (χ2n) is 5.19. The molecule has 0 aliphatic carbocycles. The number of rotatable bonds is 4. The molecule has 0 radical (unpaired) electrons. The molecule has 4 heteroatoms. The number of nitrogens with zero attached hydrogens (tertiary/aromatic N) is 1. The molecule has 0 saturated heterocycles. The van der Waals surface area contributed by atoms with Crippen LogP contribution in [0.5, 0.6) is 0 Å². The maximum atomic E-state index is 12.9. The predicted molar refractivity (Wildman–Crippen MR) is 92.0 cm³/mol. The first kappa shape index (κ1) is 14.9. The third-order valence-electron chi connectivity index (χ3n) is 3.61. The van der Waals surface area contributed by atoms with Crippen molar-refractivity contribution in [1.29, 1.82) is 0 Å². The van der Waals surface area contributed by atoms with Crippen molar-refractivity contribution in [3.8, 4) is 0 Å². The van der Waals surface area contributed by atoms with Crippen LogP contribution in [-0.4, -0.2) is 11.2 Å². The summed E-state index contributed by atoms with van der Waals surface area (Å²) in [5.41, 5.74) is 3.21. The zero-order valence-electron chi connectivity index (χ0n) is 12.6. The monoisotopic (exact) mass is 312 g/mol. The molecule has 1 aromatic heterocycles. The molecule has 0 bridgehead atoms. The number of nitrogens with one attached hydrogen (secondary N) is 1. The molecule has 0 aliphatic rings. The van der Waals surface area contributed by atoms with Gasteiger partial charge >= 0.3 is 0 Å². The van der Waals surface area contributed by atoms with E-state index in [9.17, 15) is 4.39 Å². The minimum absolute atomic E-state index is 0.215. The van der Waals surface area contributed by atoms with Crippen LogP contribution >= 0.6 is 11.8 Å². The Bertz CT molecular complexity index is 800. The lowest BCUT2D eigenvalue weighted by atomic mass is 10.1. The predicted octanol–water partition coefficient (Wildman–Crippen LogP) is 5.02. The maximum absolute atomic E-state index is 12.9. The van der Waals surface area contributed by atoms with Gasteiger partial charge in [-0.05, 0) is 60.7 Å². The second-order valence-corrected chi connectivity index (χ2v) is 6.07. The molecule has 22 heavy (non-hydrogen) atoms. The topological polar surface area (TPSA) is 24.9 Å². The smallest absolute Gasteiger partial charge is 0.127 e. The quantitative estimate of drug-likeness (QED) is 0.685. The van der Waals surface area contributed by atoms with Gasteiger partial charge in [-0.1, -0.05) is 12.1 Å². The van der Waals surface area contributed by atoms with Crippen molar-refractivity contribution < 1.29 is 4.39 Å². The van der Waals surface area contributed by atoms with Gasteiger partial charge in [0.05, 0.1) is 5.52 Å². The first-order chi connectivity index (χ1) is 10.7. The Balaban J connectivity index is 1.83. The summed E-state index contributed by atoms with van der Waals surface area (Å²) in [5, 5.41) is 4.48. The van der Waals surface area contributed by atoms with Crippen LogP contribution in [0.4, 0.5) is 10.2 Å². The number of anilines is 1. The molecule has 0 atom stereocenters. The van der Waals surface area contributed by atoms with Crippen LogP contribution in [0.2, 0.25) is 0 Å². The Kier molecular flexibility index (Phi) is 4.29. The molecule has 3 rings (SSSR count). The zero-order valence-corrected chi connectivity index (χ0v) is 13.4.